The predicted octanol–water partition coefficient (Wildman–Crippen LogP) is 1.97. The maximum atomic E-state index is 14.2. The summed E-state index contributed by atoms with van der Waals surface area (Å²) in [4.78, 5) is 42.8. The standard InChI is InChI=1S/C26H31FN6O6S/c1-14(2)30-24(37)26(4,5)32-21(36)20-15(3)22(33-28-8-9-29-33)40-23(20)31(25(32)38)13-19(39-11-10-34)17-12-16(27)6-7-18(17)35/h6-9,12,14,19,34-35H,10-11,13H2,1-5H3,(H,30,37)/t19-/m0/s1. The minimum atomic E-state index is -1.60. The highest BCUT2D eigenvalue weighted by Gasteiger charge is 2.36. The highest BCUT2D eigenvalue weighted by molar-refractivity contribution is 7.21. The lowest BCUT2D eigenvalue weighted by molar-refractivity contribution is -0.129. The van der Waals surface area contributed by atoms with Crippen molar-refractivity contribution in [2.24, 2.45) is 0 Å². The number of aromatic hydroxyl groups is 1. The van der Waals surface area contributed by atoms with Gasteiger partial charge in [-0.3, -0.25) is 14.2 Å². The Labute approximate surface area is 232 Å². The summed E-state index contributed by atoms with van der Waals surface area (Å²) in [6.45, 7) is 7.34. The van der Waals surface area contributed by atoms with Gasteiger partial charge in [-0.2, -0.15) is 10.2 Å². The largest absolute Gasteiger partial charge is 0.508 e. The average Bonchev–Trinajstić information content (AvgIpc) is 3.53. The molecule has 0 aliphatic carbocycles. The number of aliphatic hydroxyl groups is 1. The second-order valence-corrected chi connectivity index (χ2v) is 11.0. The normalized spacial score (nSPS) is 12.8. The predicted molar refractivity (Wildman–Crippen MR) is 146 cm³/mol. The van der Waals surface area contributed by atoms with Gasteiger partial charge < -0.3 is 20.3 Å². The van der Waals surface area contributed by atoms with E-state index in [1.165, 1.54) is 35.6 Å². The van der Waals surface area contributed by atoms with E-state index in [0.29, 0.717) is 10.6 Å². The number of carbonyl (C=O) groups excluding carboxylic acids is 1. The number of hydrogen-bond acceptors (Lipinski definition) is 9. The molecule has 3 N–H and O–H groups in total. The third kappa shape index (κ3) is 5.29. The van der Waals surface area contributed by atoms with E-state index in [9.17, 15) is 29.0 Å². The molecule has 40 heavy (non-hydrogen) atoms. The van der Waals surface area contributed by atoms with E-state index in [0.717, 1.165) is 34.1 Å². The van der Waals surface area contributed by atoms with Crippen LogP contribution in [-0.4, -0.2) is 59.5 Å². The molecule has 0 fully saturated rings. The van der Waals surface area contributed by atoms with E-state index in [1.54, 1.807) is 20.8 Å². The lowest BCUT2D eigenvalue weighted by Gasteiger charge is -2.28. The maximum Gasteiger partial charge on any atom is 0.333 e. The first kappa shape index (κ1) is 29.1. The van der Waals surface area contributed by atoms with Crippen LogP contribution in [0.1, 0.15) is 44.9 Å². The van der Waals surface area contributed by atoms with Crippen LogP contribution < -0.4 is 16.6 Å². The molecule has 0 aliphatic heterocycles. The number of hydrogen-bond donors (Lipinski definition) is 3. The Kier molecular flexibility index (Phi) is 8.23. The number of fused-ring (bicyclic) bond motifs is 1. The molecule has 4 aromatic rings. The molecular weight excluding hydrogens is 543 g/mol. The Bertz CT molecular complexity index is 1660. The van der Waals surface area contributed by atoms with E-state index < -0.39 is 34.6 Å². The fourth-order valence-electron chi connectivity index (χ4n) is 4.43. The van der Waals surface area contributed by atoms with Crippen LogP contribution in [0.2, 0.25) is 0 Å². The number of halogens is 1. The van der Waals surface area contributed by atoms with Crippen LogP contribution >= 0.6 is 11.3 Å². The van der Waals surface area contributed by atoms with Gasteiger partial charge in [0.05, 0.1) is 37.5 Å². The van der Waals surface area contributed by atoms with E-state index in [-0.39, 0.29) is 47.3 Å². The number of nitrogens with one attached hydrogen (secondary N) is 1. The minimum Gasteiger partial charge on any atom is -0.508 e. The van der Waals surface area contributed by atoms with E-state index in [1.807, 2.05) is 0 Å². The quantitative estimate of drug-likeness (QED) is 0.260. The summed E-state index contributed by atoms with van der Waals surface area (Å²) < 4.78 is 22.1. The van der Waals surface area contributed by atoms with Gasteiger partial charge in [0.2, 0.25) is 5.91 Å². The van der Waals surface area contributed by atoms with Crippen molar-refractivity contribution < 1.29 is 24.1 Å². The van der Waals surface area contributed by atoms with Gasteiger partial charge in [-0.25, -0.2) is 13.8 Å². The second kappa shape index (κ2) is 11.3. The molecule has 0 aliphatic rings. The van der Waals surface area contributed by atoms with Crippen LogP contribution in [-0.2, 0) is 21.6 Å². The molecule has 3 heterocycles. The Morgan fingerprint density at radius 2 is 1.90 bits per heavy atom. The third-order valence-corrected chi connectivity index (χ3v) is 7.70. The number of thiophene rings is 1. The first-order valence-corrected chi connectivity index (χ1v) is 13.4. The number of nitrogens with zero attached hydrogens (tertiary/aromatic N) is 5. The lowest BCUT2D eigenvalue weighted by Crippen LogP contribution is -2.56. The number of benzene rings is 1. The summed E-state index contributed by atoms with van der Waals surface area (Å²) in [6, 6.07) is 3.07. The molecule has 1 atom stereocenters. The number of phenols is 1. The van der Waals surface area contributed by atoms with Crippen LogP contribution in [0, 0.1) is 12.7 Å². The van der Waals surface area contributed by atoms with Crippen molar-refractivity contribution >= 4 is 27.5 Å². The third-order valence-electron chi connectivity index (χ3n) is 6.42. The van der Waals surface area contributed by atoms with Crippen molar-refractivity contribution in [3.8, 4) is 10.8 Å². The summed E-state index contributed by atoms with van der Waals surface area (Å²) in [5, 5.41) is 31.6. The van der Waals surface area contributed by atoms with Gasteiger partial charge in [0.1, 0.15) is 33.0 Å². The highest BCUT2D eigenvalue weighted by atomic mass is 32.1. The number of aromatic nitrogens is 5. The molecule has 3 aromatic heterocycles. The van der Waals surface area contributed by atoms with Gasteiger partial charge in [0.15, 0.2) is 0 Å². The maximum absolute atomic E-state index is 14.2. The number of aliphatic hydroxyl groups excluding tert-OH is 1. The molecule has 4 rings (SSSR count). The SMILES string of the molecule is Cc1c(-n2nccn2)sc2c1c(=O)n(C(C)(C)C(=O)NC(C)C)c(=O)n2C[C@H](OCCO)c1cc(F)ccc1O. The van der Waals surface area contributed by atoms with Gasteiger partial charge in [-0.15, -0.1) is 4.80 Å². The van der Waals surface area contributed by atoms with Gasteiger partial charge in [0, 0.05) is 17.2 Å². The number of carbonyl (C=O) groups is 1. The smallest absolute Gasteiger partial charge is 0.333 e. The zero-order valence-corrected chi connectivity index (χ0v) is 23.5. The molecule has 0 unspecified atom stereocenters. The molecule has 0 bridgehead atoms. The van der Waals surface area contributed by atoms with Crippen molar-refractivity contribution in [3.63, 3.8) is 0 Å². The Morgan fingerprint density at radius 3 is 2.52 bits per heavy atom. The molecule has 1 aromatic carbocycles. The Hall–Kier alpha value is -3.88. The molecule has 12 nitrogen and oxygen atoms in total. The summed E-state index contributed by atoms with van der Waals surface area (Å²) in [7, 11) is 0. The van der Waals surface area contributed by atoms with Gasteiger partial charge in [-0.05, 0) is 52.8 Å². The topological polar surface area (TPSA) is 154 Å². The monoisotopic (exact) mass is 574 g/mol. The number of phenolic OH excluding ortho intramolecular Hbond substituents is 1. The van der Waals surface area contributed by atoms with Crippen molar-refractivity contribution in [1.29, 1.82) is 0 Å². The van der Waals surface area contributed by atoms with Crippen LogP contribution in [0.15, 0.2) is 40.2 Å². The molecule has 0 saturated heterocycles. The molecule has 0 radical (unpaired) electrons. The molecule has 214 valence electrons. The van der Waals surface area contributed by atoms with Crippen molar-refractivity contribution in [3.05, 3.63) is 68.4 Å². The Balaban J connectivity index is 2.03. The van der Waals surface area contributed by atoms with Crippen molar-refractivity contribution in [2.45, 2.75) is 58.8 Å². The first-order valence-electron chi connectivity index (χ1n) is 12.6. The fourth-order valence-corrected chi connectivity index (χ4v) is 5.64. The average molecular weight is 575 g/mol. The summed E-state index contributed by atoms with van der Waals surface area (Å²) in [6.07, 6.45) is 1.84. The van der Waals surface area contributed by atoms with Crippen molar-refractivity contribution in [2.75, 3.05) is 13.2 Å². The summed E-state index contributed by atoms with van der Waals surface area (Å²) >= 11 is 1.09. The van der Waals surface area contributed by atoms with Crippen molar-refractivity contribution in [1.82, 2.24) is 29.4 Å². The van der Waals surface area contributed by atoms with E-state index >= 15 is 0 Å². The zero-order chi connectivity index (χ0) is 29.4. The lowest BCUT2D eigenvalue weighted by atomic mass is 10.0. The molecule has 0 spiro atoms. The first-order chi connectivity index (χ1) is 18.9. The molecule has 1 amide bonds. The van der Waals surface area contributed by atoms with E-state index in [2.05, 4.69) is 15.5 Å². The van der Waals surface area contributed by atoms with Crippen LogP contribution in [0.5, 0.6) is 5.75 Å². The van der Waals surface area contributed by atoms with E-state index in [4.69, 9.17) is 4.74 Å². The van der Waals surface area contributed by atoms with Crippen LogP contribution in [0.4, 0.5) is 4.39 Å². The molecular formula is C26H31FN6O6S. The zero-order valence-electron chi connectivity index (χ0n) is 22.7. The minimum absolute atomic E-state index is 0.0466. The van der Waals surface area contributed by atoms with Crippen LogP contribution in [0.25, 0.3) is 15.2 Å². The second-order valence-electron chi connectivity index (χ2n) is 10.0. The number of rotatable bonds is 10. The summed E-state index contributed by atoms with van der Waals surface area (Å²) in [5.74, 6) is -1.45. The van der Waals surface area contributed by atoms with Gasteiger partial charge in [-0.1, -0.05) is 11.3 Å². The number of ether oxygens (including phenoxy) is 1. The van der Waals surface area contributed by atoms with Crippen LogP contribution in [0.3, 0.4) is 0 Å². The number of amides is 1. The molecule has 14 heteroatoms. The molecule has 0 saturated carbocycles. The Morgan fingerprint density at radius 1 is 1.23 bits per heavy atom. The number of aryl methyl sites for hydroxylation is 1. The fraction of sp³-hybridized carbons (Fsp3) is 0.423. The summed E-state index contributed by atoms with van der Waals surface area (Å²) in [5.41, 5.74) is -2.55. The highest BCUT2D eigenvalue weighted by Crippen LogP contribution is 2.34. The van der Waals surface area contributed by atoms with Gasteiger partial charge >= 0.3 is 5.69 Å². The van der Waals surface area contributed by atoms with Gasteiger partial charge in [0.25, 0.3) is 5.56 Å².